The second kappa shape index (κ2) is 8.20. The number of urea groups is 1. The maximum atomic E-state index is 12.5. The lowest BCUT2D eigenvalue weighted by molar-refractivity contribution is -0.136. The standard InChI is InChI=1S/C18H23N3O5/c1-24-13-5-3-12(4-6-13)16-15(17(22)25-2)14(19-18(23)20-16)11-21-7-9-26-10-8-21/h3-6,16H,7-11H2,1-2H3,(H2,19,20,23)/t16-/m1/s1. The first-order chi connectivity index (χ1) is 12.6. The van der Waals surface area contributed by atoms with E-state index in [0.717, 1.165) is 18.7 Å². The molecule has 0 aromatic heterocycles. The van der Waals surface area contributed by atoms with E-state index in [9.17, 15) is 9.59 Å². The quantitative estimate of drug-likeness (QED) is 0.755. The maximum absolute atomic E-state index is 12.5. The molecule has 2 aliphatic rings. The molecule has 0 aliphatic carbocycles. The number of methoxy groups -OCH3 is 2. The van der Waals surface area contributed by atoms with Gasteiger partial charge in [-0.1, -0.05) is 12.1 Å². The number of hydrogen-bond donors (Lipinski definition) is 2. The largest absolute Gasteiger partial charge is 0.497 e. The third-order valence-corrected chi connectivity index (χ3v) is 4.49. The normalized spacial score (nSPS) is 21.0. The monoisotopic (exact) mass is 361 g/mol. The molecule has 1 aromatic rings. The van der Waals surface area contributed by atoms with Crippen molar-refractivity contribution in [2.75, 3.05) is 47.1 Å². The minimum Gasteiger partial charge on any atom is -0.497 e. The van der Waals surface area contributed by atoms with Gasteiger partial charge in [-0.2, -0.15) is 0 Å². The number of carbonyl (C=O) groups is 2. The van der Waals surface area contributed by atoms with Gasteiger partial charge in [-0.25, -0.2) is 9.59 Å². The van der Waals surface area contributed by atoms with Gasteiger partial charge in [0.2, 0.25) is 0 Å². The molecule has 1 aromatic carbocycles. The number of ether oxygens (including phenoxy) is 3. The van der Waals surface area contributed by atoms with Gasteiger partial charge in [0, 0.05) is 25.3 Å². The second-order valence-corrected chi connectivity index (χ2v) is 6.08. The Labute approximate surface area is 152 Å². The van der Waals surface area contributed by atoms with Gasteiger partial charge in [-0.05, 0) is 17.7 Å². The molecule has 0 unspecified atom stereocenters. The lowest BCUT2D eigenvalue weighted by Gasteiger charge is -2.33. The molecule has 2 N–H and O–H groups in total. The summed E-state index contributed by atoms with van der Waals surface area (Å²) in [6.45, 7) is 3.21. The highest BCUT2D eigenvalue weighted by Gasteiger charge is 2.34. The second-order valence-electron chi connectivity index (χ2n) is 6.08. The summed E-state index contributed by atoms with van der Waals surface area (Å²) in [6.07, 6.45) is 0. The van der Waals surface area contributed by atoms with E-state index in [4.69, 9.17) is 14.2 Å². The third-order valence-electron chi connectivity index (χ3n) is 4.49. The van der Waals surface area contributed by atoms with E-state index in [1.54, 1.807) is 19.2 Å². The third kappa shape index (κ3) is 3.97. The molecule has 0 spiro atoms. The summed E-state index contributed by atoms with van der Waals surface area (Å²) in [5.74, 6) is 0.229. The number of hydrogen-bond acceptors (Lipinski definition) is 6. The molecular formula is C18H23N3O5. The van der Waals surface area contributed by atoms with Crippen LogP contribution in [0.2, 0.25) is 0 Å². The van der Waals surface area contributed by atoms with Gasteiger partial charge in [0.1, 0.15) is 5.75 Å². The van der Waals surface area contributed by atoms with Crippen molar-refractivity contribution in [1.29, 1.82) is 0 Å². The SMILES string of the molecule is COC(=O)C1=C(CN2CCOCC2)NC(=O)N[C@@H]1c1ccc(OC)cc1. The molecule has 3 rings (SSSR count). The van der Waals surface area contributed by atoms with E-state index in [1.807, 2.05) is 12.1 Å². The molecule has 1 atom stereocenters. The molecule has 26 heavy (non-hydrogen) atoms. The zero-order valence-corrected chi connectivity index (χ0v) is 14.9. The van der Waals surface area contributed by atoms with Crippen LogP contribution in [0.5, 0.6) is 5.75 Å². The van der Waals surface area contributed by atoms with Crippen molar-refractivity contribution >= 4 is 12.0 Å². The summed E-state index contributed by atoms with van der Waals surface area (Å²) >= 11 is 0. The van der Waals surface area contributed by atoms with Crippen molar-refractivity contribution in [2.24, 2.45) is 0 Å². The van der Waals surface area contributed by atoms with Crippen LogP contribution in [-0.4, -0.2) is 64.0 Å². The highest BCUT2D eigenvalue weighted by molar-refractivity contribution is 5.95. The topological polar surface area (TPSA) is 89.1 Å². The lowest BCUT2D eigenvalue weighted by atomic mass is 9.95. The fraction of sp³-hybridized carbons (Fsp3) is 0.444. The van der Waals surface area contributed by atoms with Gasteiger partial charge >= 0.3 is 12.0 Å². The number of benzene rings is 1. The molecule has 2 amide bonds. The van der Waals surface area contributed by atoms with E-state index < -0.39 is 12.0 Å². The number of rotatable bonds is 5. The first kappa shape index (κ1) is 18.2. The molecule has 0 saturated carbocycles. The van der Waals surface area contributed by atoms with E-state index in [2.05, 4.69) is 15.5 Å². The number of amides is 2. The fourth-order valence-corrected chi connectivity index (χ4v) is 3.12. The van der Waals surface area contributed by atoms with E-state index in [0.29, 0.717) is 36.8 Å². The zero-order valence-electron chi connectivity index (χ0n) is 14.9. The van der Waals surface area contributed by atoms with Crippen LogP contribution in [0.1, 0.15) is 11.6 Å². The summed E-state index contributed by atoms with van der Waals surface area (Å²) < 4.78 is 15.5. The minimum absolute atomic E-state index is 0.346. The average Bonchev–Trinajstić information content (AvgIpc) is 2.68. The Bertz CT molecular complexity index is 695. The maximum Gasteiger partial charge on any atom is 0.338 e. The summed E-state index contributed by atoms with van der Waals surface area (Å²) in [5.41, 5.74) is 1.74. The van der Waals surface area contributed by atoms with Crippen LogP contribution in [0, 0.1) is 0 Å². The molecule has 2 heterocycles. The smallest absolute Gasteiger partial charge is 0.338 e. The summed E-state index contributed by atoms with van der Waals surface area (Å²) in [4.78, 5) is 26.8. The van der Waals surface area contributed by atoms with Crippen LogP contribution < -0.4 is 15.4 Å². The van der Waals surface area contributed by atoms with Crippen molar-refractivity contribution in [3.63, 3.8) is 0 Å². The summed E-state index contributed by atoms with van der Waals surface area (Å²) in [7, 11) is 2.92. The number of nitrogens with one attached hydrogen (secondary N) is 2. The Morgan fingerprint density at radius 2 is 1.92 bits per heavy atom. The van der Waals surface area contributed by atoms with E-state index in [-0.39, 0.29) is 6.03 Å². The van der Waals surface area contributed by atoms with Crippen LogP contribution in [0.4, 0.5) is 4.79 Å². The summed E-state index contributed by atoms with van der Waals surface area (Å²) in [5, 5.41) is 5.58. The van der Waals surface area contributed by atoms with Crippen molar-refractivity contribution in [3.8, 4) is 5.75 Å². The van der Waals surface area contributed by atoms with Crippen molar-refractivity contribution < 1.29 is 23.8 Å². The predicted octanol–water partition coefficient (Wildman–Crippen LogP) is 0.808. The van der Waals surface area contributed by atoms with Gasteiger partial charge in [0.15, 0.2) is 0 Å². The molecule has 1 fully saturated rings. The number of carbonyl (C=O) groups excluding carboxylic acids is 2. The van der Waals surface area contributed by atoms with Crippen molar-refractivity contribution in [2.45, 2.75) is 6.04 Å². The van der Waals surface area contributed by atoms with Gasteiger partial charge in [0.25, 0.3) is 0 Å². The zero-order chi connectivity index (χ0) is 18.5. The van der Waals surface area contributed by atoms with E-state index >= 15 is 0 Å². The highest BCUT2D eigenvalue weighted by Crippen LogP contribution is 2.29. The number of esters is 1. The average molecular weight is 361 g/mol. The first-order valence-corrected chi connectivity index (χ1v) is 8.45. The lowest BCUT2D eigenvalue weighted by Crippen LogP contribution is -2.49. The molecule has 1 saturated heterocycles. The number of nitrogens with zero attached hydrogens (tertiary/aromatic N) is 1. The van der Waals surface area contributed by atoms with Crippen LogP contribution in [0.15, 0.2) is 35.5 Å². The molecule has 0 radical (unpaired) electrons. The molecule has 140 valence electrons. The van der Waals surface area contributed by atoms with Crippen LogP contribution >= 0.6 is 0 Å². The van der Waals surface area contributed by atoms with Crippen LogP contribution in [0.25, 0.3) is 0 Å². The highest BCUT2D eigenvalue weighted by atomic mass is 16.5. The van der Waals surface area contributed by atoms with Gasteiger partial charge < -0.3 is 24.8 Å². The number of morpholine rings is 1. The van der Waals surface area contributed by atoms with Crippen molar-refractivity contribution in [3.05, 3.63) is 41.1 Å². The molecule has 8 heteroatoms. The van der Waals surface area contributed by atoms with Gasteiger partial charge in [-0.15, -0.1) is 0 Å². The fourth-order valence-electron chi connectivity index (χ4n) is 3.12. The Morgan fingerprint density at radius 3 is 2.54 bits per heavy atom. The Hall–Kier alpha value is -2.58. The molecule has 8 nitrogen and oxygen atoms in total. The Kier molecular flexibility index (Phi) is 5.75. The molecular weight excluding hydrogens is 338 g/mol. The van der Waals surface area contributed by atoms with Gasteiger partial charge in [-0.3, -0.25) is 4.90 Å². The van der Waals surface area contributed by atoms with Crippen LogP contribution in [-0.2, 0) is 14.3 Å². The predicted molar refractivity (Wildman–Crippen MR) is 93.7 cm³/mol. The Morgan fingerprint density at radius 1 is 1.23 bits per heavy atom. The van der Waals surface area contributed by atoms with Gasteiger partial charge in [0.05, 0.1) is 39.0 Å². The van der Waals surface area contributed by atoms with Crippen LogP contribution in [0.3, 0.4) is 0 Å². The Balaban J connectivity index is 1.95. The molecule has 0 bridgehead atoms. The molecule has 2 aliphatic heterocycles. The van der Waals surface area contributed by atoms with Crippen molar-refractivity contribution in [1.82, 2.24) is 15.5 Å². The first-order valence-electron chi connectivity index (χ1n) is 8.45. The summed E-state index contributed by atoms with van der Waals surface area (Å²) in [6, 6.07) is 6.30. The minimum atomic E-state index is -0.585. The van der Waals surface area contributed by atoms with E-state index in [1.165, 1.54) is 7.11 Å².